The van der Waals surface area contributed by atoms with Crippen molar-refractivity contribution in [3.05, 3.63) is 41.2 Å². The number of aryl methyl sites for hydroxylation is 1. The zero-order chi connectivity index (χ0) is 10.3. The molecule has 2 rings (SSSR count). The van der Waals surface area contributed by atoms with Crippen LogP contribution in [0.15, 0.2) is 24.4 Å². The third-order valence-electron chi connectivity index (χ3n) is 2.74. The predicted molar refractivity (Wildman–Crippen MR) is 56.9 cm³/mol. The molecule has 0 radical (unpaired) electrons. The van der Waals surface area contributed by atoms with Gasteiger partial charge in [0.15, 0.2) is 5.78 Å². The number of carbonyl (C=O) groups is 1. The molecule has 0 spiro atoms. The molecule has 72 valence electrons. The zero-order valence-corrected chi connectivity index (χ0v) is 8.66. The molecule has 0 saturated heterocycles. The molecule has 0 unspecified atom stereocenters. The van der Waals surface area contributed by atoms with E-state index in [1.54, 1.807) is 6.92 Å². The fourth-order valence-corrected chi connectivity index (χ4v) is 1.93. The van der Waals surface area contributed by atoms with E-state index in [2.05, 4.69) is 6.92 Å². The minimum atomic E-state index is 0.122. The van der Waals surface area contributed by atoms with Crippen LogP contribution in [-0.4, -0.2) is 10.2 Å². The molecular formula is C12H13NO. The Labute approximate surface area is 83.2 Å². The number of pyridine rings is 1. The number of nitrogens with zero attached hydrogens (tertiary/aromatic N) is 1. The van der Waals surface area contributed by atoms with Gasteiger partial charge in [-0.1, -0.05) is 6.07 Å². The number of rotatable bonds is 1. The fourth-order valence-electron chi connectivity index (χ4n) is 1.93. The molecule has 0 bridgehead atoms. The summed E-state index contributed by atoms with van der Waals surface area (Å²) in [6.45, 7) is 5.66. The van der Waals surface area contributed by atoms with Crippen molar-refractivity contribution in [1.82, 2.24) is 4.40 Å². The molecule has 2 aromatic heterocycles. The van der Waals surface area contributed by atoms with Gasteiger partial charge in [-0.2, -0.15) is 0 Å². The SMILES string of the molecule is CC(=O)c1c(C)c(C)c2ccccn12. The summed E-state index contributed by atoms with van der Waals surface area (Å²) in [7, 11) is 0. The second-order valence-corrected chi connectivity index (χ2v) is 3.61. The van der Waals surface area contributed by atoms with Gasteiger partial charge in [-0.3, -0.25) is 4.79 Å². The first-order chi connectivity index (χ1) is 6.63. The Morgan fingerprint density at radius 3 is 2.57 bits per heavy atom. The number of carbonyl (C=O) groups excluding carboxylic acids is 1. The van der Waals surface area contributed by atoms with Crippen LogP contribution in [0, 0.1) is 13.8 Å². The Bertz CT molecular complexity index is 508. The second kappa shape index (κ2) is 2.98. The van der Waals surface area contributed by atoms with Crippen molar-refractivity contribution < 1.29 is 4.79 Å². The number of hydrogen-bond acceptors (Lipinski definition) is 1. The van der Waals surface area contributed by atoms with Crippen LogP contribution in [0.25, 0.3) is 5.52 Å². The molecule has 0 atom stereocenters. The number of fused-ring (bicyclic) bond motifs is 1. The van der Waals surface area contributed by atoms with Gasteiger partial charge in [-0.15, -0.1) is 0 Å². The highest BCUT2D eigenvalue weighted by atomic mass is 16.1. The van der Waals surface area contributed by atoms with E-state index in [0.29, 0.717) is 0 Å². The lowest BCUT2D eigenvalue weighted by Crippen LogP contribution is -1.99. The van der Waals surface area contributed by atoms with E-state index in [9.17, 15) is 4.79 Å². The van der Waals surface area contributed by atoms with Gasteiger partial charge < -0.3 is 4.40 Å². The first-order valence-corrected chi connectivity index (χ1v) is 4.70. The minimum Gasteiger partial charge on any atom is -0.313 e. The summed E-state index contributed by atoms with van der Waals surface area (Å²) in [6, 6.07) is 5.97. The predicted octanol–water partition coefficient (Wildman–Crippen LogP) is 2.76. The minimum absolute atomic E-state index is 0.122. The monoisotopic (exact) mass is 187 g/mol. The molecule has 14 heavy (non-hydrogen) atoms. The van der Waals surface area contributed by atoms with E-state index in [1.807, 2.05) is 35.7 Å². The number of Topliss-reactive ketones (excluding diaryl/α,β-unsaturated/α-hetero) is 1. The van der Waals surface area contributed by atoms with Gasteiger partial charge in [0.05, 0.1) is 5.69 Å². The summed E-state index contributed by atoms with van der Waals surface area (Å²) in [5.41, 5.74) is 4.20. The van der Waals surface area contributed by atoms with Crippen molar-refractivity contribution in [3.8, 4) is 0 Å². The summed E-state index contributed by atoms with van der Waals surface area (Å²) in [5, 5.41) is 0. The first-order valence-electron chi connectivity index (χ1n) is 4.70. The lowest BCUT2D eigenvalue weighted by molar-refractivity contribution is 0.101. The van der Waals surface area contributed by atoms with Gasteiger partial charge >= 0.3 is 0 Å². The van der Waals surface area contributed by atoms with Crippen LogP contribution in [0.4, 0.5) is 0 Å². The highest BCUT2D eigenvalue weighted by Crippen LogP contribution is 2.22. The summed E-state index contributed by atoms with van der Waals surface area (Å²) >= 11 is 0. The van der Waals surface area contributed by atoms with Gasteiger partial charge in [-0.25, -0.2) is 0 Å². The molecule has 0 aromatic carbocycles. The first kappa shape index (κ1) is 9.00. The fraction of sp³-hybridized carbons (Fsp3) is 0.250. The molecule has 0 N–H and O–H groups in total. The number of hydrogen-bond donors (Lipinski definition) is 0. The summed E-state index contributed by atoms with van der Waals surface area (Å²) in [4.78, 5) is 11.5. The van der Waals surface area contributed by atoms with E-state index in [4.69, 9.17) is 0 Å². The molecule has 2 heteroatoms. The van der Waals surface area contributed by atoms with Gasteiger partial charge in [0.1, 0.15) is 0 Å². The molecule has 0 amide bonds. The molecule has 2 heterocycles. The van der Waals surface area contributed by atoms with Gasteiger partial charge in [0.2, 0.25) is 0 Å². The Balaban J connectivity index is 2.95. The largest absolute Gasteiger partial charge is 0.313 e. The van der Waals surface area contributed by atoms with Crippen molar-refractivity contribution in [1.29, 1.82) is 0 Å². The molecule has 0 aliphatic rings. The van der Waals surface area contributed by atoms with E-state index < -0.39 is 0 Å². The zero-order valence-electron chi connectivity index (χ0n) is 8.66. The van der Waals surface area contributed by atoms with Crippen molar-refractivity contribution in [2.45, 2.75) is 20.8 Å². The average Bonchev–Trinajstić information content (AvgIpc) is 2.41. The highest BCUT2D eigenvalue weighted by molar-refractivity contribution is 5.96. The number of ketones is 1. The molecule has 0 aliphatic carbocycles. The normalized spacial score (nSPS) is 10.8. The molecule has 2 nitrogen and oxygen atoms in total. The Kier molecular flexibility index (Phi) is 1.92. The van der Waals surface area contributed by atoms with Gasteiger partial charge in [-0.05, 0) is 37.1 Å². The maximum atomic E-state index is 11.5. The van der Waals surface area contributed by atoms with Crippen LogP contribution in [0.3, 0.4) is 0 Å². The van der Waals surface area contributed by atoms with Crippen molar-refractivity contribution >= 4 is 11.3 Å². The third kappa shape index (κ3) is 1.07. The van der Waals surface area contributed by atoms with Crippen LogP contribution in [-0.2, 0) is 0 Å². The van der Waals surface area contributed by atoms with Gasteiger partial charge in [0.25, 0.3) is 0 Å². The summed E-state index contributed by atoms with van der Waals surface area (Å²) in [6.07, 6.45) is 1.94. The van der Waals surface area contributed by atoms with E-state index >= 15 is 0 Å². The van der Waals surface area contributed by atoms with Crippen molar-refractivity contribution in [2.75, 3.05) is 0 Å². The third-order valence-corrected chi connectivity index (χ3v) is 2.74. The summed E-state index contributed by atoms with van der Waals surface area (Å²) in [5.74, 6) is 0.122. The maximum Gasteiger partial charge on any atom is 0.176 e. The molecule has 0 saturated carbocycles. The topological polar surface area (TPSA) is 21.5 Å². The van der Waals surface area contributed by atoms with E-state index in [-0.39, 0.29) is 5.78 Å². The lowest BCUT2D eigenvalue weighted by atomic mass is 10.1. The lowest BCUT2D eigenvalue weighted by Gasteiger charge is -1.98. The quantitative estimate of drug-likeness (QED) is 0.629. The smallest absolute Gasteiger partial charge is 0.176 e. The molecular weight excluding hydrogens is 174 g/mol. The molecule has 0 fully saturated rings. The Morgan fingerprint density at radius 1 is 1.21 bits per heavy atom. The van der Waals surface area contributed by atoms with Crippen LogP contribution < -0.4 is 0 Å². The maximum absolute atomic E-state index is 11.5. The van der Waals surface area contributed by atoms with Crippen molar-refractivity contribution in [2.24, 2.45) is 0 Å². The van der Waals surface area contributed by atoms with Crippen LogP contribution in [0.5, 0.6) is 0 Å². The standard InChI is InChI=1S/C12H13NO/c1-8-9(2)12(10(3)14)13-7-5-4-6-11(8)13/h4-7H,1-3H3. The Morgan fingerprint density at radius 2 is 1.93 bits per heavy atom. The van der Waals surface area contributed by atoms with Crippen LogP contribution >= 0.6 is 0 Å². The van der Waals surface area contributed by atoms with E-state index in [0.717, 1.165) is 16.8 Å². The van der Waals surface area contributed by atoms with Gasteiger partial charge in [0, 0.05) is 18.6 Å². The molecule has 2 aromatic rings. The average molecular weight is 187 g/mol. The second-order valence-electron chi connectivity index (χ2n) is 3.61. The molecule has 0 aliphatic heterocycles. The Hall–Kier alpha value is -1.57. The van der Waals surface area contributed by atoms with Crippen LogP contribution in [0.2, 0.25) is 0 Å². The van der Waals surface area contributed by atoms with E-state index in [1.165, 1.54) is 5.56 Å². The van der Waals surface area contributed by atoms with Crippen molar-refractivity contribution in [3.63, 3.8) is 0 Å². The van der Waals surface area contributed by atoms with Crippen LogP contribution in [0.1, 0.15) is 28.5 Å². The summed E-state index contributed by atoms with van der Waals surface area (Å²) < 4.78 is 1.97. The number of aromatic nitrogens is 1. The highest BCUT2D eigenvalue weighted by Gasteiger charge is 2.13.